The van der Waals surface area contributed by atoms with Crippen LogP contribution >= 0.6 is 0 Å². The molecule has 2 atom stereocenters. The van der Waals surface area contributed by atoms with Crippen molar-refractivity contribution in [2.24, 2.45) is 5.41 Å². The molecule has 1 aromatic rings. The summed E-state index contributed by atoms with van der Waals surface area (Å²) in [5, 5.41) is 9.02. The van der Waals surface area contributed by atoms with Gasteiger partial charge in [-0.3, -0.25) is 0 Å². The van der Waals surface area contributed by atoms with Crippen LogP contribution in [0.4, 0.5) is 0 Å². The number of fused-ring (bicyclic) bond motifs is 1. The molecule has 3 rings (SSSR count). The minimum atomic E-state index is -0.117. The van der Waals surface area contributed by atoms with E-state index in [-0.39, 0.29) is 5.41 Å². The van der Waals surface area contributed by atoms with Crippen LogP contribution in [0.1, 0.15) is 30.4 Å². The summed E-state index contributed by atoms with van der Waals surface area (Å²) in [6, 6.07) is 8.78. The zero-order valence-electron chi connectivity index (χ0n) is 8.79. The van der Waals surface area contributed by atoms with Crippen LogP contribution in [0, 0.1) is 16.7 Å². The molecule has 1 aliphatic heterocycles. The molecule has 15 heavy (non-hydrogen) atoms. The second kappa shape index (κ2) is 2.76. The van der Waals surface area contributed by atoms with Gasteiger partial charge in [0.2, 0.25) is 0 Å². The predicted octanol–water partition coefficient (Wildman–Crippen LogP) is 2.64. The summed E-state index contributed by atoms with van der Waals surface area (Å²) < 4.78 is 5.47. The Hall–Kier alpha value is -1.49. The smallest absolute Gasteiger partial charge is 0.122 e. The topological polar surface area (TPSA) is 33.0 Å². The molecule has 1 saturated carbocycles. The Bertz CT molecular complexity index is 460. The zero-order chi connectivity index (χ0) is 10.5. The van der Waals surface area contributed by atoms with Crippen LogP contribution in [0.5, 0.6) is 5.75 Å². The first-order valence-corrected chi connectivity index (χ1v) is 5.40. The Labute approximate surface area is 89.5 Å². The molecule has 0 saturated heterocycles. The van der Waals surface area contributed by atoms with Gasteiger partial charge >= 0.3 is 0 Å². The van der Waals surface area contributed by atoms with Gasteiger partial charge in [-0.05, 0) is 30.5 Å². The Kier molecular flexibility index (Phi) is 1.62. The quantitative estimate of drug-likeness (QED) is 0.696. The maximum Gasteiger partial charge on any atom is 0.122 e. The van der Waals surface area contributed by atoms with E-state index in [1.54, 1.807) is 0 Å². The second-order valence-electron chi connectivity index (χ2n) is 4.75. The molecule has 2 heteroatoms. The Balaban J connectivity index is 1.93. The summed E-state index contributed by atoms with van der Waals surface area (Å²) in [6.07, 6.45) is 2.02. The van der Waals surface area contributed by atoms with Crippen LogP contribution in [-0.2, 0) is 6.42 Å². The standard InChI is InChI=1S/C13H13NO/c1-13(8-14)7-11(13)9-2-3-12-10(6-9)4-5-15-12/h2-3,6,11H,4-5,7H2,1H3. The maximum atomic E-state index is 9.02. The molecule has 0 spiro atoms. The summed E-state index contributed by atoms with van der Waals surface area (Å²) in [6.45, 7) is 2.85. The lowest BCUT2D eigenvalue weighted by atomic mass is 10.00. The first-order chi connectivity index (χ1) is 7.23. The number of nitrogens with zero attached hydrogens (tertiary/aromatic N) is 1. The number of hydrogen-bond acceptors (Lipinski definition) is 2. The minimum Gasteiger partial charge on any atom is -0.493 e. The van der Waals surface area contributed by atoms with E-state index >= 15 is 0 Å². The third kappa shape index (κ3) is 1.23. The molecular weight excluding hydrogens is 186 g/mol. The zero-order valence-corrected chi connectivity index (χ0v) is 8.79. The summed E-state index contributed by atoms with van der Waals surface area (Å²) >= 11 is 0. The molecule has 0 radical (unpaired) electrons. The van der Waals surface area contributed by atoms with E-state index in [9.17, 15) is 0 Å². The highest BCUT2D eigenvalue weighted by atomic mass is 16.5. The van der Waals surface area contributed by atoms with Gasteiger partial charge in [-0.1, -0.05) is 12.1 Å². The SMILES string of the molecule is CC1(C#N)CC1c1ccc2c(c1)CCO2. The van der Waals surface area contributed by atoms with E-state index in [1.807, 2.05) is 13.0 Å². The predicted molar refractivity (Wildman–Crippen MR) is 56.7 cm³/mol. The third-order valence-corrected chi connectivity index (χ3v) is 3.61. The average Bonchev–Trinajstić information content (AvgIpc) is 2.75. The average molecular weight is 199 g/mol. The lowest BCUT2D eigenvalue weighted by Gasteiger charge is -2.04. The molecular formula is C13H13NO. The fraction of sp³-hybridized carbons (Fsp3) is 0.462. The van der Waals surface area contributed by atoms with Crippen LogP contribution in [0.15, 0.2) is 18.2 Å². The normalized spacial score (nSPS) is 31.6. The third-order valence-electron chi connectivity index (χ3n) is 3.61. The molecule has 1 fully saturated rings. The fourth-order valence-corrected chi connectivity index (χ4v) is 2.40. The van der Waals surface area contributed by atoms with Crippen LogP contribution in [0.3, 0.4) is 0 Å². The Morgan fingerprint density at radius 3 is 3.13 bits per heavy atom. The lowest BCUT2D eigenvalue weighted by Crippen LogP contribution is -1.93. The van der Waals surface area contributed by atoms with Crippen LogP contribution < -0.4 is 4.74 Å². The summed E-state index contributed by atoms with van der Waals surface area (Å²) in [7, 11) is 0. The van der Waals surface area contributed by atoms with Gasteiger partial charge in [0, 0.05) is 12.3 Å². The molecule has 1 aromatic carbocycles. The molecule has 0 bridgehead atoms. The van der Waals surface area contributed by atoms with Crippen LogP contribution in [0.25, 0.3) is 0 Å². The van der Waals surface area contributed by atoms with Crippen molar-refractivity contribution in [3.8, 4) is 11.8 Å². The second-order valence-corrected chi connectivity index (χ2v) is 4.75. The van der Waals surface area contributed by atoms with Crippen molar-refractivity contribution in [3.63, 3.8) is 0 Å². The number of rotatable bonds is 1. The number of hydrogen-bond donors (Lipinski definition) is 0. The van der Waals surface area contributed by atoms with E-state index in [0.29, 0.717) is 5.92 Å². The van der Waals surface area contributed by atoms with Crippen molar-refractivity contribution >= 4 is 0 Å². The molecule has 1 heterocycles. The summed E-state index contributed by atoms with van der Waals surface area (Å²) in [5.41, 5.74) is 2.50. The Morgan fingerprint density at radius 2 is 2.40 bits per heavy atom. The first-order valence-electron chi connectivity index (χ1n) is 5.40. The maximum absolute atomic E-state index is 9.02. The van der Waals surface area contributed by atoms with E-state index < -0.39 is 0 Å². The largest absolute Gasteiger partial charge is 0.493 e. The van der Waals surface area contributed by atoms with Gasteiger partial charge in [0.15, 0.2) is 0 Å². The first kappa shape index (κ1) is 8.79. The summed E-state index contributed by atoms with van der Waals surface area (Å²) in [4.78, 5) is 0. The van der Waals surface area contributed by atoms with Crippen molar-refractivity contribution in [2.75, 3.05) is 6.61 Å². The monoisotopic (exact) mass is 199 g/mol. The molecule has 0 aromatic heterocycles. The summed E-state index contributed by atoms with van der Waals surface area (Å²) in [5.74, 6) is 1.46. The highest BCUT2D eigenvalue weighted by Gasteiger charge is 2.51. The van der Waals surface area contributed by atoms with Gasteiger partial charge in [0.05, 0.1) is 18.1 Å². The molecule has 0 N–H and O–H groups in total. The van der Waals surface area contributed by atoms with Crippen molar-refractivity contribution in [2.45, 2.75) is 25.7 Å². The molecule has 2 aliphatic rings. The molecule has 76 valence electrons. The Morgan fingerprint density at radius 1 is 1.53 bits per heavy atom. The number of benzene rings is 1. The highest BCUT2D eigenvalue weighted by molar-refractivity contribution is 5.44. The van der Waals surface area contributed by atoms with Gasteiger partial charge in [-0.25, -0.2) is 0 Å². The molecule has 0 amide bonds. The number of ether oxygens (including phenoxy) is 1. The number of nitriles is 1. The van der Waals surface area contributed by atoms with Crippen molar-refractivity contribution < 1.29 is 4.74 Å². The van der Waals surface area contributed by atoms with E-state index in [4.69, 9.17) is 10.00 Å². The fourth-order valence-electron chi connectivity index (χ4n) is 2.40. The van der Waals surface area contributed by atoms with E-state index in [2.05, 4.69) is 18.2 Å². The van der Waals surface area contributed by atoms with Crippen molar-refractivity contribution in [1.82, 2.24) is 0 Å². The molecule has 2 nitrogen and oxygen atoms in total. The lowest BCUT2D eigenvalue weighted by molar-refractivity contribution is 0.357. The van der Waals surface area contributed by atoms with E-state index in [1.165, 1.54) is 11.1 Å². The van der Waals surface area contributed by atoms with Gasteiger partial charge in [-0.15, -0.1) is 0 Å². The molecule has 2 unspecified atom stereocenters. The van der Waals surface area contributed by atoms with Gasteiger partial charge in [-0.2, -0.15) is 5.26 Å². The minimum absolute atomic E-state index is 0.117. The highest BCUT2D eigenvalue weighted by Crippen LogP contribution is 2.58. The molecule has 1 aliphatic carbocycles. The van der Waals surface area contributed by atoms with Gasteiger partial charge in [0.1, 0.15) is 5.75 Å². The van der Waals surface area contributed by atoms with Crippen LogP contribution in [-0.4, -0.2) is 6.61 Å². The van der Waals surface area contributed by atoms with Gasteiger partial charge in [0.25, 0.3) is 0 Å². The van der Waals surface area contributed by atoms with Crippen LogP contribution in [0.2, 0.25) is 0 Å². The van der Waals surface area contributed by atoms with Crippen molar-refractivity contribution in [1.29, 1.82) is 5.26 Å². The van der Waals surface area contributed by atoms with Gasteiger partial charge < -0.3 is 4.74 Å². The van der Waals surface area contributed by atoms with Crippen molar-refractivity contribution in [3.05, 3.63) is 29.3 Å². The van der Waals surface area contributed by atoms with E-state index in [0.717, 1.165) is 25.2 Å².